The van der Waals surface area contributed by atoms with E-state index in [1.807, 2.05) is 13.8 Å². The lowest BCUT2D eigenvalue weighted by atomic mass is 9.34. The number of alkyl halides is 5. The highest BCUT2D eigenvalue weighted by Crippen LogP contribution is 2.75. The number of phosphoric ester groups is 1. The Morgan fingerprint density at radius 2 is 1.15 bits per heavy atom. The lowest BCUT2D eigenvalue weighted by Crippen LogP contribution is -2.73. The molecule has 3 aliphatic heterocycles. The number of aromatic amines is 2. The van der Waals surface area contributed by atoms with Gasteiger partial charge in [-0.1, -0.05) is 26.0 Å². The number of phosphoric acid groups is 1. The summed E-state index contributed by atoms with van der Waals surface area (Å²) in [7, 11) is -1.97. The van der Waals surface area contributed by atoms with Gasteiger partial charge in [0, 0.05) is 142 Å². The Bertz CT molecular complexity index is 4520. The topological polar surface area (TPSA) is 458 Å². The Morgan fingerprint density at radius 3 is 1.61 bits per heavy atom. The van der Waals surface area contributed by atoms with Crippen molar-refractivity contribution in [2.24, 2.45) is 28.4 Å². The number of nitrogens with one attached hydrogen (secondary N) is 5. The van der Waals surface area contributed by atoms with Gasteiger partial charge in [-0.15, -0.1) is 23.2 Å². The lowest BCUT2D eigenvalue weighted by molar-refractivity contribution is -0.205. The second kappa shape index (κ2) is 41.5. The third-order valence-electron chi connectivity index (χ3n) is 20.8. The number of halogens is 5. The first-order valence-electron chi connectivity index (χ1n) is 38.2. The number of imide groups is 1. The van der Waals surface area contributed by atoms with Gasteiger partial charge in [-0.05, 0) is 91.8 Å². The van der Waals surface area contributed by atoms with Crippen molar-refractivity contribution >= 4 is 135 Å². The van der Waals surface area contributed by atoms with E-state index >= 15 is 0 Å². The molecular formula is C77H99Cl2F3N11O24P. The number of anilines is 3. The Balaban J connectivity index is 0.00000217. The molecule has 0 radical (unpaired) electrons. The minimum atomic E-state index is -5.08. The number of carboxylic acid groups (broad SMARTS) is 1. The van der Waals surface area contributed by atoms with Crippen molar-refractivity contribution in [3.8, 4) is 11.5 Å². The molecule has 41 heteroatoms. The van der Waals surface area contributed by atoms with Crippen molar-refractivity contribution < 1.29 is 128 Å². The number of primary amides is 1. The quantitative estimate of drug-likeness (QED) is 0.00777. The van der Waals surface area contributed by atoms with Crippen LogP contribution in [0.2, 0.25) is 0 Å². The number of rotatable bonds is 44. The number of carbonyl (C=O) groups is 11. The van der Waals surface area contributed by atoms with Gasteiger partial charge < -0.3 is 98.8 Å². The third-order valence-corrected chi connectivity index (χ3v) is 22.0. The van der Waals surface area contributed by atoms with E-state index in [1.165, 1.54) is 42.1 Å². The number of nitrogens with two attached hydrogens (primary N) is 1. The number of aromatic nitrogens is 2. The third kappa shape index (κ3) is 23.5. The maximum atomic E-state index is 15.0. The first-order valence-corrected chi connectivity index (χ1v) is 40.8. The maximum Gasteiger partial charge on any atom is 0.524 e. The van der Waals surface area contributed by atoms with E-state index in [-0.39, 0.29) is 181 Å². The smallest absolute Gasteiger partial charge is 0.475 e. The van der Waals surface area contributed by atoms with Crippen molar-refractivity contribution in [3.05, 3.63) is 88.8 Å². The second-order valence-electron chi connectivity index (χ2n) is 29.7. The van der Waals surface area contributed by atoms with Crippen LogP contribution in [0.25, 0.3) is 21.8 Å². The number of urea groups is 1. The van der Waals surface area contributed by atoms with E-state index in [4.69, 9.17) is 81.3 Å². The van der Waals surface area contributed by atoms with Gasteiger partial charge in [-0.25, -0.2) is 23.7 Å². The van der Waals surface area contributed by atoms with Crippen LogP contribution in [0.15, 0.2) is 60.9 Å². The number of ketones is 1. The molecule has 118 heavy (non-hydrogen) atoms. The summed E-state index contributed by atoms with van der Waals surface area (Å²) in [6, 6.07) is 8.02. The van der Waals surface area contributed by atoms with Crippen LogP contribution in [0.5, 0.6) is 11.5 Å². The molecule has 10 amide bonds. The molecule has 0 unspecified atom stereocenters. The van der Waals surface area contributed by atoms with Crippen molar-refractivity contribution in [1.82, 2.24) is 35.3 Å². The molecule has 0 spiro atoms. The van der Waals surface area contributed by atoms with Crippen LogP contribution in [0.3, 0.4) is 0 Å². The number of likely N-dealkylation sites (N-methyl/N-ethyl adjacent to an activating group) is 2. The fraction of sp³-hybridized carbons (Fsp3) is 0.545. The zero-order valence-corrected chi connectivity index (χ0v) is 68.4. The zero-order chi connectivity index (χ0) is 86.0. The number of nitrogens with zero attached hydrogens (tertiary/aromatic N) is 5. The predicted octanol–water partition coefficient (Wildman–Crippen LogP) is 7.80. The highest BCUT2D eigenvalue weighted by molar-refractivity contribution is 7.46. The number of ether oxygens (including phenoxy) is 8. The summed E-state index contributed by atoms with van der Waals surface area (Å²) >= 11 is 13.2. The van der Waals surface area contributed by atoms with Gasteiger partial charge in [0.25, 0.3) is 11.8 Å². The first-order chi connectivity index (χ1) is 56.0. The molecule has 3 saturated carbocycles. The van der Waals surface area contributed by atoms with Crippen molar-refractivity contribution in [3.63, 3.8) is 0 Å². The number of H-pyrrole nitrogens is 2. The van der Waals surface area contributed by atoms with Crippen molar-refractivity contribution in [1.29, 1.82) is 0 Å². The number of benzene rings is 3. The molecule has 646 valence electrons. The van der Waals surface area contributed by atoms with Gasteiger partial charge in [0.1, 0.15) is 6.61 Å². The number of Topliss-reactive ketones (excluding diaryl/α,β-unsaturated/α-hetero) is 1. The molecule has 3 fully saturated rings. The van der Waals surface area contributed by atoms with Crippen LogP contribution in [0.1, 0.15) is 98.4 Å². The normalized spacial score (nSPS) is 18.3. The fourth-order valence-corrected chi connectivity index (χ4v) is 15.8. The lowest BCUT2D eigenvalue weighted by Gasteiger charge is -2.69. The van der Waals surface area contributed by atoms with Gasteiger partial charge in [-0.2, -0.15) is 13.2 Å². The molecule has 35 nitrogen and oxygen atoms in total. The maximum absolute atomic E-state index is 15.0. The largest absolute Gasteiger partial charge is 0.524 e. The minimum Gasteiger partial charge on any atom is -0.475 e. The zero-order valence-electron chi connectivity index (χ0n) is 66.0. The van der Waals surface area contributed by atoms with E-state index < -0.39 is 72.8 Å². The van der Waals surface area contributed by atoms with Gasteiger partial charge in [0.15, 0.2) is 17.3 Å². The fourth-order valence-electron chi connectivity index (χ4n) is 14.9. The second-order valence-corrected chi connectivity index (χ2v) is 31.5. The van der Waals surface area contributed by atoms with Gasteiger partial charge >= 0.3 is 38.2 Å². The van der Waals surface area contributed by atoms with E-state index in [1.54, 1.807) is 66.4 Å². The standard InChI is InChI=1S/C75H98Cl2N11O22P.C2HF3O2/c1-45(2)65(83-58(90)15-20-102-22-24-104-26-28-106-30-31-107-29-27-105-25-23-103-21-19-86-59(91)13-14-60(86)92)55(89)32-49(8-7-16-79-71(78)96)68(93)82-52-11-9-48(10-12-52)41-108-72(97)84(5)17-18-85(6)73(98)109-56-33-53-63(61-46(3)37-80-66(56)61)50(35-76)39-87(53)69(94)74-42-75(43-74,44-74)70(95)88-40-51(36-77)64-54(88)34-57(110-111(99,100)101)67-62(64)47(4)38-81-67;3-2(4,5)1(6)7/h9-14,33-34,37-38,45,49-51,65,80-81H,7-8,15-32,35-36,39-44H2,1-6H3,(H,82,93)(H,83,90)(H3,78,79,96)(H2,99,100,101);(H,6,7)/t49-,50-,51-,65+,74?,75?;/m1./s1. The number of aryl methyl sites for hydroxylation is 2. The monoisotopic (exact) mass is 1720 g/mol. The van der Waals surface area contributed by atoms with Crippen LogP contribution in [-0.4, -0.2) is 262 Å². The average molecular weight is 1720 g/mol. The van der Waals surface area contributed by atoms with Gasteiger partial charge in [0.2, 0.25) is 23.6 Å². The molecule has 3 aromatic carbocycles. The minimum absolute atomic E-state index is 0.0252. The van der Waals surface area contributed by atoms with Crippen LogP contribution in [0.4, 0.5) is 44.6 Å². The molecule has 2 bridgehead atoms. The molecule has 0 saturated heterocycles. The highest BCUT2D eigenvalue weighted by Gasteiger charge is 2.76. The van der Waals surface area contributed by atoms with Gasteiger partial charge in [0.05, 0.1) is 125 Å². The number of hydrogen-bond donors (Lipinski definition) is 9. The van der Waals surface area contributed by atoms with E-state index in [2.05, 4.69) is 25.9 Å². The molecule has 6 aliphatic rings. The molecule has 5 heterocycles. The number of hydrogen-bond acceptors (Lipinski definition) is 21. The molecule has 11 rings (SSSR count). The summed E-state index contributed by atoms with van der Waals surface area (Å²) in [5.41, 5.74) is 9.65. The summed E-state index contributed by atoms with van der Waals surface area (Å²) in [6.45, 7) is 11.6. The summed E-state index contributed by atoms with van der Waals surface area (Å²) in [6.07, 6.45) is 0.502. The van der Waals surface area contributed by atoms with Crippen molar-refractivity contribution in [2.45, 2.75) is 103 Å². The Labute approximate surface area is 686 Å². The van der Waals surface area contributed by atoms with Crippen LogP contribution >= 0.6 is 31.0 Å². The van der Waals surface area contributed by atoms with Crippen molar-refractivity contribution in [2.75, 3.05) is 160 Å². The number of amides is 10. The number of fused-ring (bicyclic) bond motifs is 6. The van der Waals surface area contributed by atoms with E-state index in [0.29, 0.717) is 98.3 Å². The summed E-state index contributed by atoms with van der Waals surface area (Å²) in [5, 5.41) is 16.7. The molecule has 2 aromatic heterocycles. The summed E-state index contributed by atoms with van der Waals surface area (Å²) in [5.74, 6) is -6.43. The molecule has 10 N–H and O–H groups in total. The Kier molecular flexibility index (Phi) is 32.5. The molecule has 5 aromatic rings. The molecule has 3 aliphatic carbocycles. The predicted molar refractivity (Wildman–Crippen MR) is 421 cm³/mol. The Morgan fingerprint density at radius 1 is 0.695 bits per heavy atom. The van der Waals surface area contributed by atoms with E-state index in [0.717, 1.165) is 32.5 Å². The van der Waals surface area contributed by atoms with Gasteiger partial charge in [-0.3, -0.25) is 48.2 Å². The van der Waals surface area contributed by atoms with E-state index in [9.17, 15) is 75.5 Å². The Hall–Kier alpha value is -9.47. The number of carboxylic acids is 1. The highest BCUT2D eigenvalue weighted by atomic mass is 35.5. The van der Waals surface area contributed by atoms with Crippen LogP contribution in [-0.2, 0) is 82.7 Å². The summed E-state index contributed by atoms with van der Waals surface area (Å²) in [4.78, 5) is 174. The first kappa shape index (κ1) is 92.4. The SMILES string of the molecule is Cc1c[nH]c2c(OC(=O)N(C)CCN(C)C(=O)OCc3ccc(NC(=O)[C@H](CCCNC(N)=O)CC(=O)[C@@H](NC(=O)CCOCCOCCOCCOCCOCCOCCN4C(=O)C=CC4=O)C(C)C)cc3)cc3c(c12)[C@H](CCl)CN3C(=O)C12CC(C(=O)N3C[C@@H](CCl)c4c3cc(OP(=O)(O)O)c3[nH]cc(C)c43)(C1)C2.O=C(O)C(F)(F)F. The number of carbonyl (C=O) groups excluding carboxylic acids is 10. The molecule has 4 atom stereocenters. The average Bonchev–Trinajstić information content (AvgIpc) is 0.854. The van der Waals surface area contributed by atoms with Crippen LogP contribution < -0.4 is 40.7 Å². The molecular weight excluding hydrogens is 1620 g/mol. The van der Waals surface area contributed by atoms with Crippen LogP contribution in [0, 0.1) is 36.5 Å². The number of aliphatic carboxylic acids is 1. The summed E-state index contributed by atoms with van der Waals surface area (Å²) < 4.78 is 93.7.